The number of carbonyl (C=O) groups excluding carboxylic acids is 3. The molecule has 0 spiro atoms. The molecule has 0 saturated carbocycles. The summed E-state index contributed by atoms with van der Waals surface area (Å²) in [5, 5.41) is 5.46. The van der Waals surface area contributed by atoms with Crippen LogP contribution in [-0.4, -0.2) is 42.5 Å². The fourth-order valence-electron chi connectivity index (χ4n) is 3.81. The highest BCUT2D eigenvalue weighted by Crippen LogP contribution is 2.36. The largest absolute Gasteiger partial charge is 0.490 e. The van der Waals surface area contributed by atoms with E-state index in [-0.39, 0.29) is 6.54 Å². The van der Waals surface area contributed by atoms with Crippen LogP contribution in [-0.2, 0) is 15.1 Å². The molecule has 8 nitrogen and oxygen atoms in total. The summed E-state index contributed by atoms with van der Waals surface area (Å²) in [6, 6.07) is 12.0. The summed E-state index contributed by atoms with van der Waals surface area (Å²) in [4.78, 5) is 39.2. The number of hydrogen-bond donors (Lipinski definition) is 2. The molecular formula is C24H27N3O5. The van der Waals surface area contributed by atoms with Gasteiger partial charge in [-0.15, -0.1) is 0 Å². The van der Waals surface area contributed by atoms with E-state index in [9.17, 15) is 14.4 Å². The van der Waals surface area contributed by atoms with Crippen molar-refractivity contribution in [2.75, 3.05) is 25.1 Å². The molecule has 0 bridgehead atoms. The second-order valence-corrected chi connectivity index (χ2v) is 8.48. The number of hydrogen-bond acceptors (Lipinski definition) is 5. The molecule has 2 aliphatic heterocycles. The van der Waals surface area contributed by atoms with Crippen molar-refractivity contribution >= 4 is 23.5 Å². The Morgan fingerprint density at radius 2 is 1.78 bits per heavy atom. The van der Waals surface area contributed by atoms with Gasteiger partial charge in [-0.25, -0.2) is 4.79 Å². The molecule has 4 rings (SSSR count). The Morgan fingerprint density at radius 3 is 2.47 bits per heavy atom. The van der Waals surface area contributed by atoms with Crippen LogP contribution in [0.4, 0.5) is 10.5 Å². The first kappa shape index (κ1) is 21.7. The molecule has 0 radical (unpaired) electrons. The number of carbonyl (C=O) groups is 3. The number of amides is 4. The van der Waals surface area contributed by atoms with Crippen molar-refractivity contribution in [2.24, 2.45) is 0 Å². The number of fused-ring (bicyclic) bond motifs is 1. The Bertz CT molecular complexity index is 1050. The number of urea groups is 1. The average molecular weight is 437 g/mol. The third-order valence-electron chi connectivity index (χ3n) is 5.76. The van der Waals surface area contributed by atoms with Crippen molar-refractivity contribution < 1.29 is 23.9 Å². The standard InChI is InChI=1S/C24H27N3O5/c1-15(2)16-5-8-18(9-6-16)25-21(28)14-27-22(29)24(3,26-23(27)30)17-7-10-19-20(13-17)32-12-4-11-31-19/h5-10,13,15H,4,11-12,14H2,1-3H3,(H,25,28)(H,26,30). The topological polar surface area (TPSA) is 97.0 Å². The van der Waals surface area contributed by atoms with Crippen molar-refractivity contribution in [1.29, 1.82) is 0 Å². The number of nitrogens with zero attached hydrogens (tertiary/aromatic N) is 1. The molecule has 1 saturated heterocycles. The molecule has 8 heteroatoms. The molecule has 4 amide bonds. The predicted octanol–water partition coefficient (Wildman–Crippen LogP) is 3.38. The lowest BCUT2D eigenvalue weighted by atomic mass is 9.91. The fraction of sp³-hybridized carbons (Fsp3) is 0.375. The molecule has 1 atom stereocenters. The zero-order chi connectivity index (χ0) is 22.9. The lowest BCUT2D eigenvalue weighted by Gasteiger charge is -2.23. The van der Waals surface area contributed by atoms with Gasteiger partial charge in [0.15, 0.2) is 11.5 Å². The second-order valence-electron chi connectivity index (χ2n) is 8.48. The van der Waals surface area contributed by atoms with Gasteiger partial charge in [0.1, 0.15) is 12.1 Å². The highest BCUT2D eigenvalue weighted by atomic mass is 16.5. The van der Waals surface area contributed by atoms with E-state index >= 15 is 0 Å². The molecule has 0 aromatic heterocycles. The van der Waals surface area contributed by atoms with Gasteiger partial charge in [-0.05, 0) is 48.2 Å². The highest BCUT2D eigenvalue weighted by Gasteiger charge is 2.49. The minimum absolute atomic E-state index is 0.378. The van der Waals surface area contributed by atoms with E-state index in [1.165, 1.54) is 0 Å². The molecule has 2 heterocycles. The van der Waals surface area contributed by atoms with Crippen LogP contribution in [0.3, 0.4) is 0 Å². The van der Waals surface area contributed by atoms with Crippen LogP contribution < -0.4 is 20.1 Å². The van der Waals surface area contributed by atoms with Crippen LogP contribution in [0.2, 0.25) is 0 Å². The summed E-state index contributed by atoms with van der Waals surface area (Å²) in [6.07, 6.45) is 0.764. The second kappa shape index (κ2) is 8.53. The number of imide groups is 1. The molecule has 2 aromatic rings. The lowest BCUT2D eigenvalue weighted by molar-refractivity contribution is -0.133. The van der Waals surface area contributed by atoms with Gasteiger partial charge in [-0.3, -0.25) is 14.5 Å². The van der Waals surface area contributed by atoms with Gasteiger partial charge in [-0.2, -0.15) is 0 Å². The third-order valence-corrected chi connectivity index (χ3v) is 5.76. The van der Waals surface area contributed by atoms with E-state index in [4.69, 9.17) is 9.47 Å². The maximum Gasteiger partial charge on any atom is 0.325 e. The van der Waals surface area contributed by atoms with Crippen LogP contribution in [0.1, 0.15) is 44.2 Å². The minimum atomic E-state index is -1.30. The number of ether oxygens (including phenoxy) is 2. The monoisotopic (exact) mass is 437 g/mol. The summed E-state index contributed by atoms with van der Waals surface area (Å²) < 4.78 is 11.3. The SMILES string of the molecule is CC(C)c1ccc(NC(=O)CN2C(=O)NC(C)(c3ccc4c(c3)OCCCO4)C2=O)cc1. The minimum Gasteiger partial charge on any atom is -0.490 e. The molecule has 32 heavy (non-hydrogen) atoms. The Kier molecular flexibility index (Phi) is 5.78. The summed E-state index contributed by atoms with van der Waals surface area (Å²) in [6.45, 7) is 6.49. The van der Waals surface area contributed by atoms with Crippen molar-refractivity contribution in [3.8, 4) is 11.5 Å². The zero-order valence-corrected chi connectivity index (χ0v) is 18.4. The van der Waals surface area contributed by atoms with Gasteiger partial charge in [0.05, 0.1) is 13.2 Å². The van der Waals surface area contributed by atoms with Gasteiger partial charge in [0, 0.05) is 12.1 Å². The van der Waals surface area contributed by atoms with E-state index in [2.05, 4.69) is 24.5 Å². The van der Waals surface area contributed by atoms with Crippen molar-refractivity contribution in [1.82, 2.24) is 10.2 Å². The molecule has 1 unspecified atom stereocenters. The van der Waals surface area contributed by atoms with Gasteiger partial charge >= 0.3 is 6.03 Å². The van der Waals surface area contributed by atoms with Gasteiger partial charge in [-0.1, -0.05) is 32.0 Å². The van der Waals surface area contributed by atoms with Gasteiger partial charge in [0.25, 0.3) is 5.91 Å². The first-order valence-corrected chi connectivity index (χ1v) is 10.7. The highest BCUT2D eigenvalue weighted by molar-refractivity contribution is 6.10. The van der Waals surface area contributed by atoms with E-state index < -0.39 is 23.4 Å². The Hall–Kier alpha value is -3.55. The number of nitrogens with one attached hydrogen (secondary N) is 2. The number of rotatable bonds is 5. The number of anilines is 1. The maximum atomic E-state index is 13.2. The van der Waals surface area contributed by atoms with Crippen molar-refractivity contribution in [3.63, 3.8) is 0 Å². The Labute approximate surface area is 186 Å². The van der Waals surface area contributed by atoms with Crippen molar-refractivity contribution in [3.05, 3.63) is 53.6 Å². The van der Waals surface area contributed by atoms with Crippen LogP contribution in [0.25, 0.3) is 0 Å². The fourth-order valence-corrected chi connectivity index (χ4v) is 3.81. The zero-order valence-electron chi connectivity index (χ0n) is 18.4. The van der Waals surface area contributed by atoms with Gasteiger partial charge in [0.2, 0.25) is 5.91 Å². The molecule has 2 aliphatic rings. The molecule has 2 aromatic carbocycles. The Morgan fingerprint density at radius 1 is 1.09 bits per heavy atom. The number of benzene rings is 2. The summed E-state index contributed by atoms with van der Waals surface area (Å²) >= 11 is 0. The average Bonchev–Trinajstić information content (AvgIpc) is 2.93. The molecule has 0 aliphatic carbocycles. The summed E-state index contributed by atoms with van der Waals surface area (Å²) in [5.74, 6) is 0.569. The smallest absolute Gasteiger partial charge is 0.325 e. The van der Waals surface area contributed by atoms with E-state index in [1.807, 2.05) is 12.1 Å². The molecule has 168 valence electrons. The molecule has 2 N–H and O–H groups in total. The van der Waals surface area contributed by atoms with E-state index in [0.29, 0.717) is 41.9 Å². The van der Waals surface area contributed by atoms with Crippen LogP contribution in [0.15, 0.2) is 42.5 Å². The Balaban J connectivity index is 1.47. The summed E-state index contributed by atoms with van der Waals surface area (Å²) in [7, 11) is 0. The first-order valence-electron chi connectivity index (χ1n) is 10.7. The predicted molar refractivity (Wildman–Crippen MR) is 119 cm³/mol. The first-order chi connectivity index (χ1) is 15.3. The van der Waals surface area contributed by atoms with Gasteiger partial charge < -0.3 is 20.1 Å². The quantitative estimate of drug-likeness (QED) is 0.699. The van der Waals surface area contributed by atoms with E-state index in [1.54, 1.807) is 37.3 Å². The van der Waals surface area contributed by atoms with Crippen LogP contribution in [0.5, 0.6) is 11.5 Å². The molecule has 1 fully saturated rings. The van der Waals surface area contributed by atoms with Crippen molar-refractivity contribution in [2.45, 2.75) is 38.6 Å². The van der Waals surface area contributed by atoms with E-state index in [0.717, 1.165) is 16.9 Å². The van der Waals surface area contributed by atoms with Crippen LogP contribution in [0, 0.1) is 0 Å². The maximum absolute atomic E-state index is 13.2. The summed E-state index contributed by atoms with van der Waals surface area (Å²) in [5.41, 5.74) is 1.02. The van der Waals surface area contributed by atoms with Crippen LogP contribution >= 0.6 is 0 Å². The lowest BCUT2D eigenvalue weighted by Crippen LogP contribution is -2.42. The normalized spacial score (nSPS) is 20.2. The molecular weight excluding hydrogens is 410 g/mol. The third kappa shape index (κ3) is 4.12.